The fourth-order valence-electron chi connectivity index (χ4n) is 5.72. The Morgan fingerprint density at radius 2 is 2.10 bits per heavy atom. The fourth-order valence-corrected chi connectivity index (χ4v) is 5.72. The maximum Gasteiger partial charge on any atom is 0.250 e. The number of aromatic nitrogens is 2. The number of carbonyl (C=O) groups is 2. The quantitative estimate of drug-likeness (QED) is 0.686. The molecule has 2 atom stereocenters. The molecule has 0 radical (unpaired) electrons. The van der Waals surface area contributed by atoms with Crippen molar-refractivity contribution < 1.29 is 9.59 Å². The lowest BCUT2D eigenvalue weighted by Gasteiger charge is -2.38. The number of primary amides is 1. The minimum atomic E-state index is -0.456. The van der Waals surface area contributed by atoms with E-state index in [0.29, 0.717) is 23.4 Å². The molecule has 2 aliphatic heterocycles. The smallest absolute Gasteiger partial charge is 0.250 e. The number of hydrogen-bond donors (Lipinski definition) is 3. The molecule has 1 aliphatic carbocycles. The van der Waals surface area contributed by atoms with Crippen molar-refractivity contribution in [1.29, 1.82) is 0 Å². The first-order chi connectivity index (χ1) is 14.6. The van der Waals surface area contributed by atoms with Gasteiger partial charge in [0.15, 0.2) is 0 Å². The van der Waals surface area contributed by atoms with Gasteiger partial charge in [-0.3, -0.25) is 14.5 Å². The molecule has 160 valence electrons. The van der Waals surface area contributed by atoms with Crippen molar-refractivity contribution in [2.75, 3.05) is 39.3 Å². The number of rotatable bonds is 5. The van der Waals surface area contributed by atoms with Crippen LogP contribution in [0.5, 0.6) is 0 Å². The van der Waals surface area contributed by atoms with Gasteiger partial charge in [0, 0.05) is 45.7 Å². The molecule has 2 bridgehead atoms. The second kappa shape index (κ2) is 7.67. The third kappa shape index (κ3) is 3.28. The molecule has 3 heterocycles. The second-order valence-electron chi connectivity index (χ2n) is 8.97. The van der Waals surface area contributed by atoms with Crippen LogP contribution in [0.3, 0.4) is 0 Å². The number of likely N-dealkylation sites (tertiary alicyclic amines) is 1. The molecule has 1 saturated carbocycles. The summed E-state index contributed by atoms with van der Waals surface area (Å²) in [6, 6.07) is 5.52. The van der Waals surface area contributed by atoms with Crippen LogP contribution in [0.4, 0.5) is 0 Å². The van der Waals surface area contributed by atoms with Crippen LogP contribution in [0.15, 0.2) is 18.2 Å². The van der Waals surface area contributed by atoms with E-state index < -0.39 is 5.91 Å². The first-order valence-electron chi connectivity index (χ1n) is 11.1. The summed E-state index contributed by atoms with van der Waals surface area (Å²) in [7, 11) is 0. The van der Waals surface area contributed by atoms with Crippen LogP contribution in [0, 0.1) is 5.92 Å². The van der Waals surface area contributed by atoms with Crippen LogP contribution in [0.2, 0.25) is 0 Å². The SMILES string of the molecule is NC(=O)c1cccc2[nH]c([C@@]34CCC[C@@H](CN3CCC(=O)N3CCNCC3)C4)nc12. The molecule has 1 aromatic heterocycles. The number of carbonyl (C=O) groups excluding carboxylic acids is 2. The number of benzene rings is 1. The van der Waals surface area contributed by atoms with E-state index in [2.05, 4.69) is 15.2 Å². The standard InChI is InChI=1S/C22H30N6O2/c23-20(30)16-4-1-5-17-19(16)26-21(25-17)22-7-2-3-15(13-22)14-28(22)10-6-18(29)27-11-8-24-9-12-27/h1,4-5,15,24H,2-3,6-14H2,(H2,23,30)(H,25,26)/t15-,22+/m1/s1. The van der Waals surface area contributed by atoms with E-state index in [1.807, 2.05) is 17.0 Å². The van der Waals surface area contributed by atoms with Gasteiger partial charge in [-0.25, -0.2) is 4.98 Å². The molecule has 8 nitrogen and oxygen atoms in total. The van der Waals surface area contributed by atoms with E-state index in [1.54, 1.807) is 6.07 Å². The lowest BCUT2D eigenvalue weighted by Crippen LogP contribution is -2.48. The van der Waals surface area contributed by atoms with E-state index in [1.165, 1.54) is 6.42 Å². The van der Waals surface area contributed by atoms with Crippen molar-refractivity contribution in [3.63, 3.8) is 0 Å². The summed E-state index contributed by atoms with van der Waals surface area (Å²) in [5, 5.41) is 3.30. The topological polar surface area (TPSA) is 107 Å². The van der Waals surface area contributed by atoms with Crippen molar-refractivity contribution in [2.24, 2.45) is 11.7 Å². The van der Waals surface area contributed by atoms with Gasteiger partial charge in [-0.15, -0.1) is 0 Å². The molecule has 2 amide bonds. The number of aromatic amines is 1. The molecule has 2 saturated heterocycles. The zero-order valence-corrected chi connectivity index (χ0v) is 17.3. The molecule has 3 fully saturated rings. The number of fused-ring (bicyclic) bond motifs is 3. The number of nitrogens with two attached hydrogens (primary N) is 1. The van der Waals surface area contributed by atoms with E-state index in [4.69, 9.17) is 10.7 Å². The summed E-state index contributed by atoms with van der Waals surface area (Å²) in [6.45, 7) is 5.11. The summed E-state index contributed by atoms with van der Waals surface area (Å²) in [5.41, 5.74) is 7.35. The first-order valence-corrected chi connectivity index (χ1v) is 11.1. The lowest BCUT2D eigenvalue weighted by atomic mass is 9.79. The number of hydrogen-bond acceptors (Lipinski definition) is 5. The highest BCUT2D eigenvalue weighted by Crippen LogP contribution is 2.50. The predicted octanol–water partition coefficient (Wildman–Crippen LogP) is 1.18. The number of nitrogens with one attached hydrogen (secondary N) is 2. The highest BCUT2D eigenvalue weighted by atomic mass is 16.2. The van der Waals surface area contributed by atoms with Crippen molar-refractivity contribution >= 4 is 22.8 Å². The van der Waals surface area contributed by atoms with Gasteiger partial charge in [0.2, 0.25) is 5.91 Å². The second-order valence-corrected chi connectivity index (χ2v) is 8.97. The molecule has 3 aliphatic rings. The average molecular weight is 411 g/mol. The Morgan fingerprint density at radius 1 is 1.27 bits per heavy atom. The number of imidazole rings is 1. The number of para-hydroxylation sites is 1. The van der Waals surface area contributed by atoms with Crippen molar-refractivity contribution in [3.05, 3.63) is 29.6 Å². The predicted molar refractivity (Wildman–Crippen MR) is 114 cm³/mol. The summed E-state index contributed by atoms with van der Waals surface area (Å²) < 4.78 is 0. The molecular formula is C22H30N6O2. The Balaban J connectivity index is 1.41. The van der Waals surface area contributed by atoms with E-state index in [0.717, 1.165) is 69.9 Å². The Hall–Kier alpha value is -2.45. The molecule has 4 N–H and O–H groups in total. The van der Waals surface area contributed by atoms with Crippen LogP contribution in [-0.4, -0.2) is 70.9 Å². The Kier molecular flexibility index (Phi) is 4.99. The fraction of sp³-hybridized carbons (Fsp3) is 0.591. The zero-order chi connectivity index (χ0) is 20.7. The average Bonchev–Trinajstić information content (AvgIpc) is 3.31. The lowest BCUT2D eigenvalue weighted by molar-refractivity contribution is -0.132. The Labute approximate surface area is 176 Å². The summed E-state index contributed by atoms with van der Waals surface area (Å²) >= 11 is 0. The molecule has 2 aromatic rings. The van der Waals surface area contributed by atoms with Crippen LogP contribution in [0.1, 0.15) is 48.3 Å². The third-order valence-corrected chi connectivity index (χ3v) is 7.20. The van der Waals surface area contributed by atoms with Gasteiger partial charge < -0.3 is 20.9 Å². The Morgan fingerprint density at radius 3 is 2.90 bits per heavy atom. The Bertz CT molecular complexity index is 966. The van der Waals surface area contributed by atoms with Crippen LogP contribution >= 0.6 is 0 Å². The monoisotopic (exact) mass is 410 g/mol. The summed E-state index contributed by atoms with van der Waals surface area (Å²) in [6.07, 6.45) is 5.02. The van der Waals surface area contributed by atoms with Crippen LogP contribution in [0.25, 0.3) is 11.0 Å². The minimum Gasteiger partial charge on any atom is -0.366 e. The van der Waals surface area contributed by atoms with Gasteiger partial charge >= 0.3 is 0 Å². The van der Waals surface area contributed by atoms with Crippen LogP contribution in [-0.2, 0) is 10.3 Å². The maximum atomic E-state index is 12.7. The number of amides is 2. The van der Waals surface area contributed by atoms with Crippen molar-refractivity contribution in [1.82, 2.24) is 25.1 Å². The summed E-state index contributed by atoms with van der Waals surface area (Å²) in [5.74, 6) is 1.34. The largest absolute Gasteiger partial charge is 0.366 e. The number of nitrogens with zero attached hydrogens (tertiary/aromatic N) is 3. The highest BCUT2D eigenvalue weighted by Gasteiger charge is 2.50. The van der Waals surface area contributed by atoms with Crippen molar-refractivity contribution in [2.45, 2.75) is 37.6 Å². The molecule has 0 unspecified atom stereocenters. The minimum absolute atomic E-state index is 0.180. The van der Waals surface area contributed by atoms with Gasteiger partial charge in [0.25, 0.3) is 5.91 Å². The van der Waals surface area contributed by atoms with E-state index in [9.17, 15) is 9.59 Å². The van der Waals surface area contributed by atoms with Crippen molar-refractivity contribution in [3.8, 4) is 0 Å². The third-order valence-electron chi connectivity index (χ3n) is 7.20. The zero-order valence-electron chi connectivity index (χ0n) is 17.3. The molecule has 0 spiro atoms. The highest BCUT2D eigenvalue weighted by molar-refractivity contribution is 6.04. The molecule has 30 heavy (non-hydrogen) atoms. The molecule has 8 heteroatoms. The van der Waals surface area contributed by atoms with Gasteiger partial charge in [-0.1, -0.05) is 12.5 Å². The maximum absolute atomic E-state index is 12.7. The molecule has 1 aromatic carbocycles. The van der Waals surface area contributed by atoms with E-state index >= 15 is 0 Å². The van der Waals surface area contributed by atoms with Crippen LogP contribution < -0.4 is 11.1 Å². The molecule has 5 rings (SSSR count). The molecular weight excluding hydrogens is 380 g/mol. The number of H-pyrrole nitrogens is 1. The van der Waals surface area contributed by atoms with Gasteiger partial charge in [0.05, 0.1) is 16.6 Å². The first kappa shape index (κ1) is 19.5. The van der Waals surface area contributed by atoms with Gasteiger partial charge in [0.1, 0.15) is 11.3 Å². The van der Waals surface area contributed by atoms with Gasteiger partial charge in [-0.2, -0.15) is 0 Å². The summed E-state index contributed by atoms with van der Waals surface area (Å²) in [4.78, 5) is 37.5. The normalized spacial score (nSPS) is 26.9. The van der Waals surface area contributed by atoms with Gasteiger partial charge in [-0.05, 0) is 37.3 Å². The number of piperazine rings is 1. The van der Waals surface area contributed by atoms with E-state index in [-0.39, 0.29) is 11.4 Å².